The first kappa shape index (κ1) is 15.5. The van der Waals surface area contributed by atoms with Crippen LogP contribution in [0.15, 0.2) is 51.1 Å². The third-order valence-electron chi connectivity index (χ3n) is 3.75. The van der Waals surface area contributed by atoms with Gasteiger partial charge in [-0.15, -0.1) is 5.10 Å². The van der Waals surface area contributed by atoms with Crippen LogP contribution in [0.25, 0.3) is 5.70 Å². The lowest BCUT2D eigenvalue weighted by atomic mass is 10.1. The lowest BCUT2D eigenvalue weighted by Gasteiger charge is -2.33. The molecule has 4 rings (SSSR count). The standard InChI is InChI=1S/C16H14BrN5OS/c1-2-24-16-20-15(23)13-10-8-9(17)5-6-11(10)19-14(22(13)21-16)12-4-3-7-18-12/h3-8,14,18H,2H2,1H3,(H,20,21,23)/t14-/m1/s1. The first-order valence-electron chi connectivity index (χ1n) is 7.50. The number of fused-ring (bicyclic) bond motifs is 2. The van der Waals surface area contributed by atoms with Crippen LogP contribution in [-0.4, -0.2) is 26.8 Å². The second-order valence-electron chi connectivity index (χ2n) is 5.28. The van der Waals surface area contributed by atoms with Crippen LogP contribution in [0.1, 0.15) is 18.8 Å². The largest absolute Gasteiger partial charge is 0.362 e. The molecule has 2 N–H and O–H groups in total. The highest BCUT2D eigenvalue weighted by Gasteiger charge is 2.34. The van der Waals surface area contributed by atoms with E-state index in [9.17, 15) is 4.79 Å². The molecule has 0 saturated heterocycles. The van der Waals surface area contributed by atoms with Crippen molar-refractivity contribution in [2.45, 2.75) is 13.1 Å². The van der Waals surface area contributed by atoms with Crippen molar-refractivity contribution in [3.63, 3.8) is 0 Å². The Balaban J connectivity index is 1.98. The fourth-order valence-electron chi connectivity index (χ4n) is 2.76. The van der Waals surface area contributed by atoms with Gasteiger partial charge in [0.05, 0.1) is 11.1 Å². The summed E-state index contributed by atoms with van der Waals surface area (Å²) in [5.74, 6) is 0.668. The molecule has 3 heterocycles. The number of carbonyl (C=O) groups excluding carboxylic acids is 1. The number of thioether (sulfide) groups is 1. The Morgan fingerprint density at radius 1 is 1.38 bits per heavy atom. The molecule has 1 aromatic carbocycles. The number of amides is 1. The van der Waals surface area contributed by atoms with Crippen LogP contribution in [0, 0.1) is 0 Å². The molecule has 2 aromatic rings. The Labute approximate surface area is 150 Å². The highest BCUT2D eigenvalue weighted by Crippen LogP contribution is 2.29. The molecule has 6 nitrogen and oxygen atoms in total. The minimum Gasteiger partial charge on any atom is -0.362 e. The number of halogens is 1. The molecule has 1 atom stereocenters. The lowest BCUT2D eigenvalue weighted by molar-refractivity contribution is -0.116. The van der Waals surface area contributed by atoms with E-state index in [4.69, 9.17) is 4.99 Å². The Hall–Kier alpha value is -2.06. The number of H-pyrrole nitrogens is 1. The summed E-state index contributed by atoms with van der Waals surface area (Å²) in [6.07, 6.45) is 1.46. The van der Waals surface area contributed by atoms with Crippen LogP contribution in [0.3, 0.4) is 0 Å². The lowest BCUT2D eigenvalue weighted by Crippen LogP contribution is -2.50. The number of hydrazone groups is 1. The highest BCUT2D eigenvalue weighted by atomic mass is 79.9. The molecule has 2 aliphatic rings. The number of amidine groups is 1. The van der Waals surface area contributed by atoms with Gasteiger partial charge in [0.25, 0.3) is 5.91 Å². The van der Waals surface area contributed by atoms with Crippen molar-refractivity contribution in [1.82, 2.24) is 15.3 Å². The zero-order chi connectivity index (χ0) is 16.7. The summed E-state index contributed by atoms with van der Waals surface area (Å²) in [5, 5.41) is 11.3. The summed E-state index contributed by atoms with van der Waals surface area (Å²) in [6.45, 7) is 2.02. The molecule has 0 fully saturated rings. The van der Waals surface area contributed by atoms with Crippen LogP contribution in [0.5, 0.6) is 0 Å². The highest BCUT2D eigenvalue weighted by molar-refractivity contribution is 9.10. The summed E-state index contributed by atoms with van der Waals surface area (Å²) in [5.41, 5.74) is 1.40. The van der Waals surface area contributed by atoms with Gasteiger partial charge in [-0.05, 0) is 36.1 Å². The first-order chi connectivity index (χ1) is 11.7. The van der Waals surface area contributed by atoms with Crippen LogP contribution in [-0.2, 0) is 4.79 Å². The van der Waals surface area contributed by atoms with Crippen LogP contribution in [0.4, 0.5) is 0 Å². The minimum absolute atomic E-state index is 0.160. The fraction of sp³-hybridized carbons (Fsp3) is 0.188. The van der Waals surface area contributed by atoms with E-state index in [1.54, 1.807) is 5.01 Å². The quantitative estimate of drug-likeness (QED) is 0.800. The number of benzene rings is 1. The summed E-state index contributed by atoms with van der Waals surface area (Å²) in [6, 6.07) is 9.60. The van der Waals surface area contributed by atoms with E-state index >= 15 is 0 Å². The van der Waals surface area contributed by atoms with E-state index < -0.39 is 0 Å². The van der Waals surface area contributed by atoms with Gasteiger partial charge in [0.1, 0.15) is 5.70 Å². The molecule has 0 radical (unpaired) electrons. The molecule has 2 aliphatic heterocycles. The second-order valence-corrected chi connectivity index (χ2v) is 7.44. The van der Waals surface area contributed by atoms with Crippen molar-refractivity contribution in [3.05, 3.63) is 57.3 Å². The van der Waals surface area contributed by atoms with Gasteiger partial charge in [-0.1, -0.05) is 34.6 Å². The van der Waals surface area contributed by atoms with E-state index in [1.807, 2.05) is 43.5 Å². The summed E-state index contributed by atoms with van der Waals surface area (Å²) < 4.78 is 0.896. The molecule has 0 bridgehead atoms. The van der Waals surface area contributed by atoms with Crippen molar-refractivity contribution >= 4 is 44.5 Å². The zero-order valence-electron chi connectivity index (χ0n) is 12.8. The molecule has 0 saturated carbocycles. The number of nitrogens with one attached hydrogen (secondary N) is 2. The fourth-order valence-corrected chi connectivity index (χ4v) is 3.71. The summed E-state index contributed by atoms with van der Waals surface area (Å²) in [7, 11) is 0. The average molecular weight is 404 g/mol. The third kappa shape index (κ3) is 2.55. The molecule has 1 amide bonds. The maximum atomic E-state index is 12.8. The van der Waals surface area contributed by atoms with E-state index in [0.29, 0.717) is 10.9 Å². The predicted molar refractivity (Wildman–Crippen MR) is 97.4 cm³/mol. The van der Waals surface area contributed by atoms with E-state index in [1.165, 1.54) is 11.8 Å². The van der Waals surface area contributed by atoms with Gasteiger partial charge in [-0.25, -0.2) is 5.01 Å². The Morgan fingerprint density at radius 3 is 3.00 bits per heavy atom. The Bertz CT molecular complexity index is 953. The van der Waals surface area contributed by atoms with Gasteiger partial charge < -0.3 is 4.98 Å². The van der Waals surface area contributed by atoms with E-state index in [0.717, 1.165) is 26.5 Å². The van der Waals surface area contributed by atoms with Gasteiger partial charge >= 0.3 is 0 Å². The maximum Gasteiger partial charge on any atom is 0.276 e. The molecule has 8 heteroatoms. The molecule has 0 aliphatic carbocycles. The Morgan fingerprint density at radius 2 is 2.25 bits per heavy atom. The van der Waals surface area contributed by atoms with Gasteiger partial charge in [0.15, 0.2) is 11.3 Å². The topological polar surface area (TPSA) is 72.8 Å². The van der Waals surface area contributed by atoms with Crippen molar-refractivity contribution in [2.75, 3.05) is 5.75 Å². The molecule has 122 valence electrons. The van der Waals surface area contributed by atoms with Gasteiger partial charge in [-0.2, -0.15) is 0 Å². The van der Waals surface area contributed by atoms with Crippen molar-refractivity contribution in [3.8, 4) is 0 Å². The Kier molecular flexibility index (Phi) is 3.93. The van der Waals surface area contributed by atoms with Crippen molar-refractivity contribution < 1.29 is 4.79 Å². The summed E-state index contributed by atoms with van der Waals surface area (Å²) >= 11 is 4.96. The normalized spacial score (nSPS) is 19.2. The molecular formula is C16H14BrN5OS. The number of carbonyl (C=O) groups is 1. The molecular weight excluding hydrogens is 390 g/mol. The average Bonchev–Trinajstić information content (AvgIpc) is 3.08. The number of nitrogens with zero attached hydrogens (tertiary/aromatic N) is 3. The zero-order valence-corrected chi connectivity index (χ0v) is 15.2. The first-order valence-corrected chi connectivity index (χ1v) is 9.28. The number of aromatic amines is 1. The number of hydrogen-bond donors (Lipinski definition) is 2. The van der Waals surface area contributed by atoms with Gasteiger partial charge in [0, 0.05) is 15.9 Å². The van der Waals surface area contributed by atoms with E-state index in [-0.39, 0.29) is 12.1 Å². The minimum atomic E-state index is -0.387. The van der Waals surface area contributed by atoms with Crippen molar-refractivity contribution in [2.24, 2.45) is 10.1 Å². The summed E-state index contributed by atoms with van der Waals surface area (Å²) in [4.78, 5) is 20.7. The maximum absolute atomic E-state index is 12.8. The number of hydrogen-bond acceptors (Lipinski definition) is 5. The molecule has 1 aromatic heterocycles. The van der Waals surface area contributed by atoms with Crippen LogP contribution < -0.4 is 15.9 Å². The predicted octanol–water partition coefficient (Wildman–Crippen LogP) is 1.67. The second kappa shape index (κ2) is 6.10. The monoisotopic (exact) mass is 403 g/mol. The van der Waals surface area contributed by atoms with Crippen LogP contribution in [0.2, 0.25) is 0 Å². The molecule has 24 heavy (non-hydrogen) atoms. The third-order valence-corrected chi connectivity index (χ3v) is 4.99. The SMILES string of the molecule is CCSC1=NN2C(=c3cc(Br)ccc3=N[C@H]2c2ccc[nH]2)C(=O)N1. The van der Waals surface area contributed by atoms with Gasteiger partial charge in [-0.3, -0.25) is 15.1 Å². The van der Waals surface area contributed by atoms with Crippen molar-refractivity contribution in [1.29, 1.82) is 0 Å². The van der Waals surface area contributed by atoms with Crippen LogP contribution >= 0.6 is 27.7 Å². The molecule has 0 spiro atoms. The van der Waals surface area contributed by atoms with E-state index in [2.05, 4.69) is 31.3 Å². The number of rotatable bonds is 2. The number of aromatic nitrogens is 1. The molecule has 0 unspecified atom stereocenters. The smallest absolute Gasteiger partial charge is 0.276 e. The van der Waals surface area contributed by atoms with Gasteiger partial charge in [0.2, 0.25) is 0 Å².